The molecule has 0 aromatic heterocycles. The lowest BCUT2D eigenvalue weighted by atomic mass is 10.0. The maximum atomic E-state index is 13.1. The van der Waals surface area contributed by atoms with Gasteiger partial charge < -0.3 is 14.2 Å². The van der Waals surface area contributed by atoms with Crippen molar-refractivity contribution in [2.45, 2.75) is 65.0 Å². The van der Waals surface area contributed by atoms with Crippen molar-refractivity contribution in [1.82, 2.24) is 4.72 Å². The van der Waals surface area contributed by atoms with Gasteiger partial charge >= 0.3 is 0 Å². The van der Waals surface area contributed by atoms with E-state index in [1.165, 1.54) is 0 Å². The van der Waals surface area contributed by atoms with Gasteiger partial charge in [0.1, 0.15) is 6.79 Å². The van der Waals surface area contributed by atoms with Gasteiger partial charge in [-0.3, -0.25) is 0 Å². The Balaban J connectivity index is 2.85. The summed E-state index contributed by atoms with van der Waals surface area (Å²) < 4.78 is 44.8. The Morgan fingerprint density at radius 2 is 1.66 bits per heavy atom. The molecule has 1 aromatic rings. The normalized spacial score (nSPS) is 14.6. The Morgan fingerprint density at radius 1 is 1.03 bits per heavy atom. The zero-order valence-electron chi connectivity index (χ0n) is 18.8. The van der Waals surface area contributed by atoms with Crippen LogP contribution in [0.15, 0.2) is 29.2 Å². The van der Waals surface area contributed by atoms with Gasteiger partial charge in [0, 0.05) is 13.2 Å². The monoisotopic (exact) mass is 427 g/mol. The quantitative estimate of drug-likeness (QED) is 0.294. The molecule has 0 fully saturated rings. The smallest absolute Gasteiger partial charge is 0.241 e. The maximum absolute atomic E-state index is 13.1. The SMILES string of the molecule is COCCOCO[C@@H](C)/C=C\[C@H](CC(C)C)NS(=O)(=O)c1c(C)cc(C)cc1C. The number of hydrogen-bond donors (Lipinski definition) is 1. The lowest BCUT2D eigenvalue weighted by Crippen LogP contribution is -2.35. The van der Waals surface area contributed by atoms with Crippen molar-refractivity contribution in [2.75, 3.05) is 27.1 Å². The average Bonchev–Trinajstić information content (AvgIpc) is 2.57. The number of rotatable bonds is 13. The number of nitrogens with one attached hydrogen (secondary N) is 1. The topological polar surface area (TPSA) is 73.9 Å². The zero-order chi connectivity index (χ0) is 22.0. The van der Waals surface area contributed by atoms with E-state index in [1.807, 2.05) is 52.0 Å². The Kier molecular flexibility index (Phi) is 11.1. The van der Waals surface area contributed by atoms with E-state index in [9.17, 15) is 8.42 Å². The van der Waals surface area contributed by atoms with Gasteiger partial charge in [-0.1, -0.05) is 43.7 Å². The molecule has 0 saturated heterocycles. The minimum absolute atomic E-state index is 0.164. The van der Waals surface area contributed by atoms with E-state index in [0.29, 0.717) is 30.4 Å². The zero-order valence-corrected chi connectivity index (χ0v) is 19.6. The summed E-state index contributed by atoms with van der Waals surface area (Å²) in [5.74, 6) is 0.334. The van der Waals surface area contributed by atoms with Crippen molar-refractivity contribution in [2.24, 2.45) is 5.92 Å². The number of aryl methyl sites for hydroxylation is 3. The molecule has 6 nitrogen and oxygen atoms in total. The first-order valence-corrected chi connectivity index (χ1v) is 11.5. The number of methoxy groups -OCH3 is 1. The van der Waals surface area contributed by atoms with Crippen LogP contribution in [0.1, 0.15) is 43.9 Å². The predicted octanol–water partition coefficient (Wildman–Crippen LogP) is 3.89. The number of hydrogen-bond acceptors (Lipinski definition) is 5. The average molecular weight is 428 g/mol. The maximum Gasteiger partial charge on any atom is 0.241 e. The fourth-order valence-electron chi connectivity index (χ4n) is 3.23. The number of ether oxygens (including phenoxy) is 3. The van der Waals surface area contributed by atoms with E-state index in [4.69, 9.17) is 14.2 Å². The molecule has 0 aliphatic rings. The van der Waals surface area contributed by atoms with Crippen LogP contribution in [0.3, 0.4) is 0 Å². The fraction of sp³-hybridized carbons (Fsp3) is 0.636. The van der Waals surface area contributed by atoms with Gasteiger partial charge in [0.05, 0.1) is 24.2 Å². The standard InChI is InChI=1S/C22H37NO5S/c1-16(2)12-21(9-8-20(6)28-15-27-11-10-26-7)23-29(24,25)22-18(4)13-17(3)14-19(22)5/h8-9,13-14,16,20-21,23H,10-12,15H2,1-7H3/b9-8-/t20-,21+/m0/s1. The molecule has 0 amide bonds. The molecule has 1 rings (SSSR count). The molecule has 0 saturated carbocycles. The van der Waals surface area contributed by atoms with E-state index in [0.717, 1.165) is 16.7 Å². The summed E-state index contributed by atoms with van der Waals surface area (Å²) >= 11 is 0. The minimum atomic E-state index is -3.64. The molecule has 166 valence electrons. The first-order chi connectivity index (χ1) is 13.6. The molecule has 0 radical (unpaired) electrons. The van der Waals surface area contributed by atoms with E-state index < -0.39 is 10.0 Å². The first-order valence-electron chi connectivity index (χ1n) is 10.0. The van der Waals surface area contributed by atoms with Crippen molar-refractivity contribution >= 4 is 10.0 Å². The second-order valence-electron chi connectivity index (χ2n) is 7.86. The molecule has 1 N–H and O–H groups in total. The van der Waals surface area contributed by atoms with Crippen LogP contribution in [0, 0.1) is 26.7 Å². The van der Waals surface area contributed by atoms with Crippen LogP contribution in [0.5, 0.6) is 0 Å². The minimum Gasteiger partial charge on any atom is -0.382 e. The predicted molar refractivity (Wildman–Crippen MR) is 117 cm³/mol. The second kappa shape index (κ2) is 12.4. The van der Waals surface area contributed by atoms with E-state index in [-0.39, 0.29) is 18.9 Å². The Bertz CT molecular complexity index is 735. The lowest BCUT2D eigenvalue weighted by Gasteiger charge is -2.20. The van der Waals surface area contributed by atoms with Crippen molar-refractivity contribution in [3.05, 3.63) is 41.0 Å². The van der Waals surface area contributed by atoms with Gasteiger partial charge in [0.25, 0.3) is 0 Å². The van der Waals surface area contributed by atoms with Crippen molar-refractivity contribution in [3.63, 3.8) is 0 Å². The Morgan fingerprint density at radius 3 is 2.21 bits per heavy atom. The van der Waals surface area contributed by atoms with Crippen LogP contribution in [-0.4, -0.2) is 47.7 Å². The van der Waals surface area contributed by atoms with E-state index >= 15 is 0 Å². The van der Waals surface area contributed by atoms with Crippen LogP contribution in [-0.2, 0) is 24.2 Å². The van der Waals surface area contributed by atoms with E-state index in [2.05, 4.69) is 18.6 Å². The molecule has 0 aliphatic heterocycles. The molecule has 0 bridgehead atoms. The van der Waals surface area contributed by atoms with Crippen LogP contribution in [0.25, 0.3) is 0 Å². The Hall–Kier alpha value is -1.25. The molecule has 29 heavy (non-hydrogen) atoms. The third-order valence-corrected chi connectivity index (χ3v) is 6.16. The Labute approximate surface area is 176 Å². The van der Waals surface area contributed by atoms with Gasteiger partial charge in [-0.25, -0.2) is 13.1 Å². The van der Waals surface area contributed by atoms with Crippen molar-refractivity contribution < 1.29 is 22.6 Å². The summed E-state index contributed by atoms with van der Waals surface area (Å²) in [7, 11) is -2.02. The highest BCUT2D eigenvalue weighted by molar-refractivity contribution is 7.89. The van der Waals surface area contributed by atoms with Crippen LogP contribution in [0.4, 0.5) is 0 Å². The molecule has 7 heteroatoms. The molecule has 0 unspecified atom stereocenters. The van der Waals surface area contributed by atoms with Gasteiger partial charge in [0.15, 0.2) is 0 Å². The van der Waals surface area contributed by atoms with Gasteiger partial charge in [0.2, 0.25) is 10.0 Å². The lowest BCUT2D eigenvalue weighted by molar-refractivity contribution is -0.0803. The summed E-state index contributed by atoms with van der Waals surface area (Å²) in [4.78, 5) is 0.362. The molecular formula is C22H37NO5S. The number of benzene rings is 1. The van der Waals surface area contributed by atoms with Gasteiger partial charge in [-0.05, 0) is 51.2 Å². The molecule has 0 aliphatic carbocycles. The molecule has 0 spiro atoms. The largest absolute Gasteiger partial charge is 0.382 e. The van der Waals surface area contributed by atoms with E-state index in [1.54, 1.807) is 7.11 Å². The molecule has 0 heterocycles. The van der Waals surface area contributed by atoms with Crippen LogP contribution >= 0.6 is 0 Å². The van der Waals surface area contributed by atoms with Crippen LogP contribution < -0.4 is 4.72 Å². The van der Waals surface area contributed by atoms with Crippen LogP contribution in [0.2, 0.25) is 0 Å². The first kappa shape index (κ1) is 25.8. The summed E-state index contributed by atoms with van der Waals surface area (Å²) in [6, 6.07) is 3.48. The summed E-state index contributed by atoms with van der Waals surface area (Å²) in [5, 5.41) is 0. The van der Waals surface area contributed by atoms with Gasteiger partial charge in [-0.15, -0.1) is 0 Å². The fourth-order valence-corrected chi connectivity index (χ4v) is 4.88. The summed E-state index contributed by atoms with van der Waals surface area (Å²) in [6.45, 7) is 12.8. The third kappa shape index (κ3) is 9.40. The third-order valence-electron chi connectivity index (χ3n) is 4.37. The van der Waals surface area contributed by atoms with Gasteiger partial charge in [-0.2, -0.15) is 0 Å². The molecule has 2 atom stereocenters. The highest BCUT2D eigenvalue weighted by Crippen LogP contribution is 2.22. The second-order valence-corrected chi connectivity index (χ2v) is 9.51. The number of sulfonamides is 1. The molecular weight excluding hydrogens is 390 g/mol. The highest BCUT2D eigenvalue weighted by atomic mass is 32.2. The summed E-state index contributed by atoms with van der Waals surface area (Å²) in [6.07, 6.45) is 4.23. The summed E-state index contributed by atoms with van der Waals surface area (Å²) in [5.41, 5.74) is 2.57. The highest BCUT2D eigenvalue weighted by Gasteiger charge is 2.23. The van der Waals surface area contributed by atoms with Crippen molar-refractivity contribution in [3.8, 4) is 0 Å². The molecule has 1 aromatic carbocycles. The van der Waals surface area contributed by atoms with Crippen molar-refractivity contribution in [1.29, 1.82) is 0 Å².